The summed E-state index contributed by atoms with van der Waals surface area (Å²) in [4.78, 5) is 24.0. The molecule has 10 heteroatoms. The van der Waals surface area contributed by atoms with Crippen molar-refractivity contribution in [3.8, 4) is 0 Å². The number of hydrazone groups is 2. The fraction of sp³-hybridized carbons (Fsp3) is 0.154. The fourth-order valence-electron chi connectivity index (χ4n) is 2.83. The molecule has 0 aliphatic rings. The first-order chi connectivity index (χ1) is 17.5. The van der Waals surface area contributed by atoms with E-state index >= 15 is 0 Å². The third-order valence-corrected chi connectivity index (χ3v) is 8.15. The molecule has 0 aliphatic heterocycles. The average Bonchev–Trinajstić information content (AvgIpc) is 2.87. The molecule has 0 spiro atoms. The minimum Gasteiger partial charge on any atom is -0.272 e. The number of hydrogen-bond acceptors (Lipinski definition) is 6. The smallest absolute Gasteiger partial charge is 0.250 e. The molecule has 3 aromatic rings. The van der Waals surface area contributed by atoms with Gasteiger partial charge in [-0.05, 0) is 34.4 Å². The fourth-order valence-corrected chi connectivity index (χ4v) is 5.70. The van der Waals surface area contributed by atoms with Gasteiger partial charge in [0.25, 0.3) is 0 Å². The lowest BCUT2D eigenvalue weighted by molar-refractivity contribution is -0.119. The Morgan fingerprint density at radius 1 is 0.667 bits per heavy atom. The number of hydrogen-bond donors (Lipinski definition) is 2. The van der Waals surface area contributed by atoms with E-state index in [1.807, 2.05) is 72.8 Å². The number of halogens is 2. The van der Waals surface area contributed by atoms with E-state index < -0.39 is 0 Å². The van der Waals surface area contributed by atoms with Crippen molar-refractivity contribution in [1.82, 2.24) is 10.9 Å². The summed E-state index contributed by atoms with van der Waals surface area (Å²) in [6.45, 7) is 0. The number of carbonyl (C=O) groups excluding carboxylic acids is 2. The van der Waals surface area contributed by atoms with Crippen molar-refractivity contribution >= 4 is 79.6 Å². The highest BCUT2D eigenvalue weighted by atomic mass is 79.9. The first-order valence-corrected chi connectivity index (χ1v) is 14.8. The van der Waals surface area contributed by atoms with Crippen molar-refractivity contribution in [2.75, 3.05) is 11.5 Å². The van der Waals surface area contributed by atoms with Gasteiger partial charge in [-0.15, -0.1) is 23.5 Å². The lowest BCUT2D eigenvalue weighted by Crippen LogP contribution is -2.19. The minimum absolute atomic E-state index is 0.155. The van der Waals surface area contributed by atoms with Gasteiger partial charge < -0.3 is 0 Å². The second kappa shape index (κ2) is 15.7. The van der Waals surface area contributed by atoms with Crippen LogP contribution < -0.4 is 10.9 Å². The van der Waals surface area contributed by atoms with E-state index in [1.165, 1.54) is 23.5 Å². The predicted octanol–water partition coefficient (Wildman–Crippen LogP) is 5.98. The summed E-state index contributed by atoms with van der Waals surface area (Å²) < 4.78 is 2.08. The van der Waals surface area contributed by atoms with E-state index in [4.69, 9.17) is 0 Å². The van der Waals surface area contributed by atoms with Crippen LogP contribution in [0, 0.1) is 0 Å². The Morgan fingerprint density at radius 2 is 1.06 bits per heavy atom. The van der Waals surface area contributed by atoms with Crippen LogP contribution in [0.1, 0.15) is 22.3 Å². The monoisotopic (exact) mass is 646 g/mol. The zero-order chi connectivity index (χ0) is 25.6. The summed E-state index contributed by atoms with van der Waals surface area (Å²) in [5.74, 6) is 1.82. The number of nitrogens with zero attached hydrogens (tertiary/aromatic N) is 2. The molecule has 0 unspecified atom stereocenters. The van der Waals surface area contributed by atoms with Crippen molar-refractivity contribution in [1.29, 1.82) is 0 Å². The molecule has 0 saturated heterocycles. The molecule has 3 rings (SSSR count). The van der Waals surface area contributed by atoms with Crippen molar-refractivity contribution in [2.24, 2.45) is 10.2 Å². The molecular formula is C26H24Br2N4O2S2. The largest absolute Gasteiger partial charge is 0.272 e. The number of amides is 2. The maximum atomic E-state index is 12.0. The second-order valence-electron chi connectivity index (χ2n) is 7.42. The third-order valence-electron chi connectivity index (χ3n) is 4.64. The van der Waals surface area contributed by atoms with Crippen LogP contribution in [0.15, 0.2) is 91.9 Å². The van der Waals surface area contributed by atoms with Crippen LogP contribution in [0.3, 0.4) is 0 Å². The van der Waals surface area contributed by atoms with Gasteiger partial charge in [-0.2, -0.15) is 10.2 Å². The maximum absolute atomic E-state index is 12.0. The molecular weight excluding hydrogens is 624 g/mol. The molecule has 0 atom stereocenters. The topological polar surface area (TPSA) is 82.9 Å². The maximum Gasteiger partial charge on any atom is 0.250 e. The van der Waals surface area contributed by atoms with Crippen LogP contribution in [0.5, 0.6) is 0 Å². The highest BCUT2D eigenvalue weighted by molar-refractivity contribution is 9.10. The first kappa shape index (κ1) is 28.2. The molecule has 0 aromatic heterocycles. The first-order valence-electron chi connectivity index (χ1n) is 10.9. The highest BCUT2D eigenvalue weighted by Gasteiger charge is 2.04. The Bertz CT molecular complexity index is 1130. The Balaban J connectivity index is 1.32. The predicted molar refractivity (Wildman–Crippen MR) is 159 cm³/mol. The van der Waals surface area contributed by atoms with E-state index in [9.17, 15) is 9.59 Å². The molecule has 2 amide bonds. The Morgan fingerprint density at radius 3 is 1.44 bits per heavy atom. The molecule has 2 N–H and O–H groups in total. The van der Waals surface area contributed by atoms with Crippen molar-refractivity contribution in [3.63, 3.8) is 0 Å². The highest BCUT2D eigenvalue weighted by Crippen LogP contribution is 2.22. The summed E-state index contributed by atoms with van der Waals surface area (Å²) in [5.41, 5.74) is 9.06. The average molecular weight is 648 g/mol. The van der Waals surface area contributed by atoms with E-state index in [0.717, 1.165) is 42.7 Å². The van der Waals surface area contributed by atoms with Gasteiger partial charge in [0.2, 0.25) is 11.8 Å². The molecule has 0 bridgehead atoms. The van der Waals surface area contributed by atoms with Crippen LogP contribution >= 0.6 is 55.4 Å². The van der Waals surface area contributed by atoms with Crippen LogP contribution in [-0.2, 0) is 21.1 Å². The third kappa shape index (κ3) is 10.3. The standard InChI is InChI=1S/C26H24Br2N4O2S2/c27-23-7-3-1-5-21(23)15-35-17-25(33)31-29-13-19-9-11-20(12-10-19)14-30-32-26(34)18-36-16-22-6-2-4-8-24(22)28/h1-14H,15-18H2,(H,31,33)(H,32,34)/b29-13+,30-14+. The second-order valence-corrected chi connectivity index (χ2v) is 11.1. The van der Waals surface area contributed by atoms with E-state index in [2.05, 4.69) is 52.9 Å². The van der Waals surface area contributed by atoms with Crippen LogP contribution in [0.25, 0.3) is 0 Å². The Labute approximate surface area is 236 Å². The summed E-state index contributed by atoms with van der Waals surface area (Å²) in [6, 6.07) is 23.3. The Hall–Kier alpha value is -2.40. The Kier molecular flexibility index (Phi) is 12.3. The van der Waals surface area contributed by atoms with Gasteiger partial charge in [-0.25, -0.2) is 10.9 Å². The van der Waals surface area contributed by atoms with Gasteiger partial charge in [-0.1, -0.05) is 92.5 Å². The van der Waals surface area contributed by atoms with Gasteiger partial charge in [0.15, 0.2) is 0 Å². The quantitative estimate of drug-likeness (QED) is 0.187. The van der Waals surface area contributed by atoms with Gasteiger partial charge >= 0.3 is 0 Å². The van der Waals surface area contributed by atoms with Gasteiger partial charge in [-0.3, -0.25) is 9.59 Å². The lowest BCUT2D eigenvalue weighted by Gasteiger charge is -2.04. The number of carbonyl (C=O) groups is 2. The number of nitrogens with one attached hydrogen (secondary N) is 2. The molecule has 0 aliphatic carbocycles. The van der Waals surface area contributed by atoms with E-state index in [-0.39, 0.29) is 11.8 Å². The van der Waals surface area contributed by atoms with Crippen molar-refractivity contribution in [2.45, 2.75) is 11.5 Å². The van der Waals surface area contributed by atoms with Gasteiger partial charge in [0.05, 0.1) is 23.9 Å². The summed E-state index contributed by atoms with van der Waals surface area (Å²) >= 11 is 10.1. The summed E-state index contributed by atoms with van der Waals surface area (Å²) in [7, 11) is 0. The molecule has 0 fully saturated rings. The van der Waals surface area contributed by atoms with Crippen molar-refractivity contribution < 1.29 is 9.59 Å². The number of thioether (sulfide) groups is 2. The number of benzene rings is 3. The number of rotatable bonds is 12. The summed E-state index contributed by atoms with van der Waals surface area (Å²) in [6.07, 6.45) is 3.17. The molecule has 0 heterocycles. The van der Waals surface area contributed by atoms with Crippen LogP contribution in [-0.4, -0.2) is 35.7 Å². The molecule has 0 radical (unpaired) electrons. The van der Waals surface area contributed by atoms with Crippen LogP contribution in [0.4, 0.5) is 0 Å². The zero-order valence-corrected chi connectivity index (χ0v) is 24.0. The summed E-state index contributed by atoms with van der Waals surface area (Å²) in [5, 5.41) is 8.03. The SMILES string of the molecule is O=C(CSCc1ccccc1Br)N/N=C/c1ccc(/C=N/NC(=O)CSCc2ccccc2Br)cc1. The van der Waals surface area contributed by atoms with Gasteiger partial charge in [0.1, 0.15) is 0 Å². The molecule has 3 aromatic carbocycles. The zero-order valence-electron chi connectivity index (χ0n) is 19.2. The molecule has 36 heavy (non-hydrogen) atoms. The lowest BCUT2D eigenvalue weighted by atomic mass is 10.2. The van der Waals surface area contributed by atoms with E-state index in [1.54, 1.807) is 12.4 Å². The minimum atomic E-state index is -0.155. The van der Waals surface area contributed by atoms with E-state index in [0.29, 0.717) is 11.5 Å². The van der Waals surface area contributed by atoms with Crippen molar-refractivity contribution in [3.05, 3.63) is 104 Å². The molecule has 186 valence electrons. The van der Waals surface area contributed by atoms with Gasteiger partial charge in [0, 0.05) is 20.5 Å². The molecule has 0 saturated carbocycles. The molecule has 6 nitrogen and oxygen atoms in total. The normalized spacial score (nSPS) is 11.2. The van der Waals surface area contributed by atoms with Crippen LogP contribution in [0.2, 0.25) is 0 Å².